The molecule has 1 aromatic rings. The number of benzene rings is 1. The van der Waals surface area contributed by atoms with E-state index in [9.17, 15) is 0 Å². The fourth-order valence-electron chi connectivity index (χ4n) is 1.43. The minimum atomic E-state index is -0.216. The maximum absolute atomic E-state index is 6.27. The average molecular weight is 191 g/mol. The van der Waals surface area contributed by atoms with Gasteiger partial charge in [-0.05, 0) is 30.4 Å². The molecule has 1 aromatic carbocycles. The van der Waals surface area contributed by atoms with E-state index in [0.717, 1.165) is 6.42 Å². The summed E-state index contributed by atoms with van der Waals surface area (Å²) in [7, 11) is 0. The van der Waals surface area contributed by atoms with Crippen molar-refractivity contribution in [3.8, 4) is 0 Å². The lowest BCUT2D eigenvalue weighted by Crippen LogP contribution is -2.38. The zero-order valence-electron chi connectivity index (χ0n) is 9.67. The van der Waals surface area contributed by atoms with Crippen molar-refractivity contribution in [2.75, 3.05) is 0 Å². The molecule has 0 aliphatic rings. The van der Waals surface area contributed by atoms with Gasteiger partial charge in [-0.15, -0.1) is 0 Å². The Hall–Kier alpha value is -0.820. The molecule has 14 heavy (non-hydrogen) atoms. The van der Waals surface area contributed by atoms with Gasteiger partial charge in [0.15, 0.2) is 0 Å². The van der Waals surface area contributed by atoms with Crippen LogP contribution in [0.15, 0.2) is 24.3 Å². The highest BCUT2D eigenvalue weighted by Gasteiger charge is 2.24. The van der Waals surface area contributed by atoms with Crippen LogP contribution in [0.5, 0.6) is 0 Å². The van der Waals surface area contributed by atoms with Crippen LogP contribution in [-0.4, -0.2) is 0 Å². The molecule has 0 heterocycles. The van der Waals surface area contributed by atoms with Gasteiger partial charge in [0, 0.05) is 5.54 Å². The monoisotopic (exact) mass is 191 g/mol. The summed E-state index contributed by atoms with van der Waals surface area (Å²) in [5, 5.41) is 0. The van der Waals surface area contributed by atoms with Gasteiger partial charge in [0.1, 0.15) is 0 Å². The van der Waals surface area contributed by atoms with E-state index in [0.29, 0.717) is 5.92 Å². The summed E-state index contributed by atoms with van der Waals surface area (Å²) >= 11 is 0. The van der Waals surface area contributed by atoms with Gasteiger partial charge in [-0.3, -0.25) is 0 Å². The third kappa shape index (κ3) is 2.16. The summed E-state index contributed by atoms with van der Waals surface area (Å²) in [6, 6.07) is 8.64. The Morgan fingerprint density at radius 3 is 2.07 bits per heavy atom. The van der Waals surface area contributed by atoms with E-state index < -0.39 is 0 Å². The molecule has 1 unspecified atom stereocenters. The van der Waals surface area contributed by atoms with Crippen LogP contribution in [-0.2, 0) is 12.0 Å². The molecule has 0 aliphatic carbocycles. The highest BCUT2D eigenvalue weighted by atomic mass is 14.7. The Morgan fingerprint density at radius 2 is 1.71 bits per heavy atom. The Balaban J connectivity index is 2.97. The molecule has 78 valence electrons. The largest absolute Gasteiger partial charge is 0.321 e. The maximum atomic E-state index is 6.27. The second-order valence-electron chi connectivity index (χ2n) is 4.49. The average Bonchev–Trinajstić information content (AvgIpc) is 2.17. The van der Waals surface area contributed by atoms with Gasteiger partial charge in [0.2, 0.25) is 0 Å². The lowest BCUT2D eigenvalue weighted by Gasteiger charge is -2.29. The number of aryl methyl sites for hydroxylation is 1. The van der Waals surface area contributed by atoms with E-state index in [1.807, 2.05) is 0 Å². The molecule has 1 atom stereocenters. The molecule has 0 saturated heterocycles. The molecule has 0 aromatic heterocycles. The number of hydrogen-bond donors (Lipinski definition) is 1. The second kappa shape index (κ2) is 4.14. The Morgan fingerprint density at radius 1 is 1.21 bits per heavy atom. The molecule has 0 spiro atoms. The lowest BCUT2D eigenvalue weighted by molar-refractivity contribution is 0.350. The smallest absolute Gasteiger partial charge is 0.0404 e. The van der Waals surface area contributed by atoms with E-state index >= 15 is 0 Å². The summed E-state index contributed by atoms with van der Waals surface area (Å²) < 4.78 is 0. The SMILES string of the molecule is CCc1ccc(C(C)(N)C(C)C)cc1. The first-order chi connectivity index (χ1) is 6.48. The minimum Gasteiger partial charge on any atom is -0.321 e. The van der Waals surface area contributed by atoms with Crippen LogP contribution in [0.4, 0.5) is 0 Å². The van der Waals surface area contributed by atoms with Gasteiger partial charge in [-0.1, -0.05) is 45.0 Å². The van der Waals surface area contributed by atoms with Gasteiger partial charge in [0.05, 0.1) is 0 Å². The lowest BCUT2D eigenvalue weighted by atomic mass is 9.82. The van der Waals surface area contributed by atoms with E-state index in [-0.39, 0.29) is 5.54 Å². The van der Waals surface area contributed by atoms with E-state index in [1.54, 1.807) is 0 Å². The molecule has 0 bridgehead atoms. The molecule has 0 amide bonds. The van der Waals surface area contributed by atoms with Crippen LogP contribution in [0, 0.1) is 5.92 Å². The third-order valence-corrected chi connectivity index (χ3v) is 3.18. The first-order valence-corrected chi connectivity index (χ1v) is 5.36. The molecule has 0 radical (unpaired) electrons. The van der Waals surface area contributed by atoms with E-state index in [4.69, 9.17) is 5.73 Å². The van der Waals surface area contributed by atoms with Crippen LogP contribution < -0.4 is 5.73 Å². The third-order valence-electron chi connectivity index (χ3n) is 3.18. The first kappa shape index (κ1) is 11.3. The van der Waals surface area contributed by atoms with Gasteiger partial charge < -0.3 is 5.73 Å². The van der Waals surface area contributed by atoms with Crippen molar-refractivity contribution in [1.82, 2.24) is 0 Å². The molecule has 1 heteroatoms. The van der Waals surface area contributed by atoms with Gasteiger partial charge in [-0.25, -0.2) is 0 Å². The normalized spacial score (nSPS) is 15.6. The molecule has 0 fully saturated rings. The highest BCUT2D eigenvalue weighted by molar-refractivity contribution is 5.28. The topological polar surface area (TPSA) is 26.0 Å². The Kier molecular flexibility index (Phi) is 3.33. The van der Waals surface area contributed by atoms with Crippen LogP contribution >= 0.6 is 0 Å². The summed E-state index contributed by atoms with van der Waals surface area (Å²) in [6.45, 7) is 8.58. The molecule has 1 nitrogen and oxygen atoms in total. The molecular weight excluding hydrogens is 170 g/mol. The quantitative estimate of drug-likeness (QED) is 0.780. The molecule has 2 N–H and O–H groups in total. The fraction of sp³-hybridized carbons (Fsp3) is 0.538. The summed E-state index contributed by atoms with van der Waals surface area (Å²) in [6.07, 6.45) is 1.09. The van der Waals surface area contributed by atoms with Crippen molar-refractivity contribution >= 4 is 0 Å². The van der Waals surface area contributed by atoms with Crippen molar-refractivity contribution in [2.45, 2.75) is 39.7 Å². The fourth-order valence-corrected chi connectivity index (χ4v) is 1.43. The number of rotatable bonds is 3. The van der Waals surface area contributed by atoms with Crippen LogP contribution in [0.25, 0.3) is 0 Å². The molecule has 0 saturated carbocycles. The maximum Gasteiger partial charge on any atom is 0.0404 e. The van der Waals surface area contributed by atoms with E-state index in [2.05, 4.69) is 52.0 Å². The van der Waals surface area contributed by atoms with Crippen molar-refractivity contribution in [3.63, 3.8) is 0 Å². The van der Waals surface area contributed by atoms with Crippen molar-refractivity contribution in [2.24, 2.45) is 11.7 Å². The standard InChI is InChI=1S/C13H21N/c1-5-11-6-8-12(9-7-11)13(4,14)10(2)3/h6-10H,5,14H2,1-4H3. The summed E-state index contributed by atoms with van der Waals surface area (Å²) in [5.74, 6) is 0.454. The Bertz CT molecular complexity index is 283. The molecule has 0 aliphatic heterocycles. The number of nitrogens with two attached hydrogens (primary N) is 1. The van der Waals surface area contributed by atoms with Crippen molar-refractivity contribution in [1.29, 1.82) is 0 Å². The van der Waals surface area contributed by atoms with Crippen LogP contribution in [0.1, 0.15) is 38.8 Å². The highest BCUT2D eigenvalue weighted by Crippen LogP contribution is 2.26. The molecular formula is C13H21N. The first-order valence-electron chi connectivity index (χ1n) is 5.36. The van der Waals surface area contributed by atoms with Gasteiger partial charge in [-0.2, -0.15) is 0 Å². The van der Waals surface area contributed by atoms with Gasteiger partial charge >= 0.3 is 0 Å². The summed E-state index contributed by atoms with van der Waals surface area (Å²) in [5.41, 5.74) is 8.65. The minimum absolute atomic E-state index is 0.216. The predicted octanol–water partition coefficient (Wildman–Crippen LogP) is 3.08. The summed E-state index contributed by atoms with van der Waals surface area (Å²) in [4.78, 5) is 0. The van der Waals surface area contributed by atoms with Crippen LogP contribution in [0.3, 0.4) is 0 Å². The van der Waals surface area contributed by atoms with Crippen molar-refractivity contribution < 1.29 is 0 Å². The Labute approximate surface area is 87.3 Å². The van der Waals surface area contributed by atoms with E-state index in [1.165, 1.54) is 11.1 Å². The second-order valence-corrected chi connectivity index (χ2v) is 4.49. The number of hydrogen-bond acceptors (Lipinski definition) is 1. The zero-order valence-corrected chi connectivity index (χ0v) is 9.67. The van der Waals surface area contributed by atoms with Gasteiger partial charge in [0.25, 0.3) is 0 Å². The zero-order chi connectivity index (χ0) is 10.8. The van der Waals surface area contributed by atoms with Crippen molar-refractivity contribution in [3.05, 3.63) is 35.4 Å². The predicted molar refractivity (Wildman–Crippen MR) is 62.2 cm³/mol. The molecule has 1 rings (SSSR count). The van der Waals surface area contributed by atoms with Crippen LogP contribution in [0.2, 0.25) is 0 Å².